The molecule has 0 unspecified atom stereocenters. The number of aryl methyl sites for hydroxylation is 2. The molecule has 3 N–H and O–H groups in total. The third kappa shape index (κ3) is 6.10. The molecule has 242 valence electrons. The van der Waals surface area contributed by atoms with Gasteiger partial charge in [0.1, 0.15) is 4.83 Å². The number of carbonyl (C=O) groups excluding carboxylic acids is 2. The second-order valence-corrected chi connectivity index (χ2v) is 16.0. The SMILES string of the molecule is Cc1cc(C)cc(-c2[nH]c3sc(C(C)(C)C(=O)N4C5CCC4CC5)cc3c2CCN2CCC(CNC(=O)[C@@H]3CCCN3)CC2)c1. The Morgan fingerprint density at radius 2 is 1.64 bits per heavy atom. The zero-order valence-electron chi connectivity index (χ0n) is 27.6. The number of aromatic amines is 1. The summed E-state index contributed by atoms with van der Waals surface area (Å²) in [5.74, 6) is 1.05. The van der Waals surface area contributed by atoms with E-state index in [2.05, 4.69) is 77.4 Å². The van der Waals surface area contributed by atoms with Gasteiger partial charge in [-0.1, -0.05) is 17.2 Å². The molecule has 1 aromatic carbocycles. The maximum Gasteiger partial charge on any atom is 0.237 e. The van der Waals surface area contributed by atoms with E-state index in [9.17, 15) is 9.59 Å². The zero-order valence-corrected chi connectivity index (χ0v) is 28.5. The molecule has 0 radical (unpaired) electrons. The Bertz CT molecular complexity index is 1520. The Balaban J connectivity index is 1.07. The van der Waals surface area contributed by atoms with Gasteiger partial charge in [-0.2, -0.15) is 0 Å². The van der Waals surface area contributed by atoms with Crippen molar-refractivity contribution in [1.29, 1.82) is 0 Å². The maximum absolute atomic E-state index is 14.0. The van der Waals surface area contributed by atoms with Gasteiger partial charge in [-0.15, -0.1) is 11.3 Å². The molecule has 2 aromatic heterocycles. The summed E-state index contributed by atoms with van der Waals surface area (Å²) < 4.78 is 0. The minimum atomic E-state index is -0.530. The van der Waals surface area contributed by atoms with E-state index in [1.54, 1.807) is 11.3 Å². The Morgan fingerprint density at radius 3 is 2.29 bits per heavy atom. The summed E-state index contributed by atoms with van der Waals surface area (Å²) in [6, 6.07) is 10.1. The van der Waals surface area contributed by atoms with Crippen molar-refractivity contribution in [2.75, 3.05) is 32.7 Å². The quantitative estimate of drug-likeness (QED) is 0.269. The van der Waals surface area contributed by atoms with E-state index in [0.717, 1.165) is 64.8 Å². The third-order valence-electron chi connectivity index (χ3n) is 11.3. The first-order valence-corrected chi connectivity index (χ1v) is 18.3. The number of carbonyl (C=O) groups is 2. The van der Waals surface area contributed by atoms with E-state index < -0.39 is 5.41 Å². The Kier molecular flexibility index (Phi) is 8.59. The molecule has 2 bridgehead atoms. The van der Waals surface area contributed by atoms with Crippen LogP contribution in [0.1, 0.15) is 86.8 Å². The predicted molar refractivity (Wildman–Crippen MR) is 184 cm³/mol. The van der Waals surface area contributed by atoms with E-state index in [-0.39, 0.29) is 11.9 Å². The number of benzene rings is 1. The molecule has 8 heteroatoms. The lowest BCUT2D eigenvalue weighted by Gasteiger charge is -2.32. The average Bonchev–Trinajstić information content (AvgIpc) is 3.86. The highest BCUT2D eigenvalue weighted by Crippen LogP contribution is 2.44. The van der Waals surface area contributed by atoms with Crippen LogP contribution in [-0.4, -0.2) is 77.4 Å². The van der Waals surface area contributed by atoms with Crippen molar-refractivity contribution < 1.29 is 9.59 Å². The van der Waals surface area contributed by atoms with Crippen LogP contribution in [0.25, 0.3) is 21.5 Å². The molecule has 6 heterocycles. The summed E-state index contributed by atoms with van der Waals surface area (Å²) in [5, 5.41) is 7.81. The van der Waals surface area contributed by atoms with Gasteiger partial charge in [0.15, 0.2) is 0 Å². The highest BCUT2D eigenvalue weighted by molar-refractivity contribution is 7.19. The molecule has 0 aliphatic carbocycles. The molecule has 45 heavy (non-hydrogen) atoms. The fraction of sp³-hybridized carbons (Fsp3) is 0.622. The molecule has 1 atom stereocenters. The van der Waals surface area contributed by atoms with Crippen molar-refractivity contribution in [3.8, 4) is 11.3 Å². The smallest absolute Gasteiger partial charge is 0.237 e. The fourth-order valence-corrected chi connectivity index (χ4v) is 9.78. The number of fused-ring (bicyclic) bond motifs is 3. The molecule has 0 saturated carbocycles. The highest BCUT2D eigenvalue weighted by atomic mass is 32.1. The van der Waals surface area contributed by atoms with Gasteiger partial charge < -0.3 is 25.4 Å². The molecule has 4 saturated heterocycles. The molecule has 7 rings (SSSR count). The summed E-state index contributed by atoms with van der Waals surface area (Å²) in [5.41, 5.74) is 5.88. The Morgan fingerprint density at radius 1 is 0.956 bits per heavy atom. The standard InChI is InChI=1S/C37H51N5O2S/c1-23-18-24(2)20-26(19-23)33-29(13-17-41-15-11-25(12-16-41)22-39-34(43)31-6-5-14-38-31)30-21-32(45-35(30)40-33)37(3,4)36(44)42-27-7-8-28(42)10-9-27/h18-21,25,27-28,31,38,40H,5-17,22H2,1-4H3,(H,39,43)/t27?,28?,31-/m0/s1. The summed E-state index contributed by atoms with van der Waals surface area (Å²) in [4.78, 5) is 37.5. The molecule has 3 aromatic rings. The molecular weight excluding hydrogens is 579 g/mol. The number of nitrogens with one attached hydrogen (secondary N) is 3. The lowest BCUT2D eigenvalue weighted by atomic mass is 9.88. The van der Waals surface area contributed by atoms with E-state index in [1.165, 1.54) is 68.7 Å². The lowest BCUT2D eigenvalue weighted by molar-refractivity contribution is -0.137. The van der Waals surface area contributed by atoms with Crippen molar-refractivity contribution in [1.82, 2.24) is 25.4 Å². The number of H-pyrrole nitrogens is 1. The van der Waals surface area contributed by atoms with Crippen LogP contribution in [0.2, 0.25) is 0 Å². The van der Waals surface area contributed by atoms with Gasteiger partial charge >= 0.3 is 0 Å². The van der Waals surface area contributed by atoms with E-state index >= 15 is 0 Å². The average molecular weight is 630 g/mol. The zero-order chi connectivity index (χ0) is 31.3. The number of amides is 2. The minimum Gasteiger partial charge on any atom is -0.354 e. The molecule has 0 spiro atoms. The van der Waals surface area contributed by atoms with E-state index in [4.69, 9.17) is 0 Å². The number of hydrogen-bond donors (Lipinski definition) is 3. The molecular formula is C37H51N5O2S. The van der Waals surface area contributed by atoms with Gasteiger partial charge in [-0.05, 0) is 140 Å². The molecule has 4 aliphatic heterocycles. The first kappa shape index (κ1) is 30.9. The topological polar surface area (TPSA) is 80.5 Å². The summed E-state index contributed by atoms with van der Waals surface area (Å²) in [6.45, 7) is 13.5. The van der Waals surface area contributed by atoms with Gasteiger partial charge in [0, 0.05) is 35.4 Å². The summed E-state index contributed by atoms with van der Waals surface area (Å²) in [7, 11) is 0. The van der Waals surface area contributed by atoms with Gasteiger partial charge in [0.25, 0.3) is 0 Å². The van der Waals surface area contributed by atoms with Crippen molar-refractivity contribution in [3.05, 3.63) is 45.8 Å². The second kappa shape index (κ2) is 12.5. The fourth-order valence-electron chi connectivity index (χ4n) is 8.60. The van der Waals surface area contributed by atoms with Crippen LogP contribution >= 0.6 is 11.3 Å². The van der Waals surface area contributed by atoms with E-state index in [0.29, 0.717) is 23.9 Å². The van der Waals surface area contributed by atoms with Crippen LogP contribution < -0.4 is 10.6 Å². The van der Waals surface area contributed by atoms with Gasteiger partial charge in [-0.3, -0.25) is 9.59 Å². The minimum absolute atomic E-state index is 0.00584. The summed E-state index contributed by atoms with van der Waals surface area (Å²) >= 11 is 1.78. The van der Waals surface area contributed by atoms with Crippen molar-refractivity contribution in [2.45, 2.75) is 109 Å². The largest absolute Gasteiger partial charge is 0.354 e. The molecule has 7 nitrogen and oxygen atoms in total. The number of piperidine rings is 1. The van der Waals surface area contributed by atoms with Gasteiger partial charge in [0.2, 0.25) is 11.8 Å². The molecule has 2 amide bonds. The van der Waals surface area contributed by atoms with Crippen LogP contribution in [0.4, 0.5) is 0 Å². The van der Waals surface area contributed by atoms with Crippen LogP contribution in [0, 0.1) is 19.8 Å². The lowest BCUT2D eigenvalue weighted by Crippen LogP contribution is -2.45. The number of thiophene rings is 1. The Hall–Kier alpha value is -2.68. The van der Waals surface area contributed by atoms with Gasteiger partial charge in [0.05, 0.1) is 17.2 Å². The monoisotopic (exact) mass is 629 g/mol. The van der Waals surface area contributed by atoms with Crippen LogP contribution in [0.15, 0.2) is 24.3 Å². The van der Waals surface area contributed by atoms with Crippen molar-refractivity contribution >= 4 is 33.4 Å². The van der Waals surface area contributed by atoms with Crippen molar-refractivity contribution in [3.63, 3.8) is 0 Å². The maximum atomic E-state index is 14.0. The molecule has 4 aliphatic rings. The number of likely N-dealkylation sites (tertiary alicyclic amines) is 1. The normalized spacial score (nSPS) is 24.3. The Labute approximate surface area is 272 Å². The predicted octanol–water partition coefficient (Wildman–Crippen LogP) is 6.07. The van der Waals surface area contributed by atoms with Crippen LogP contribution in [0.3, 0.4) is 0 Å². The number of nitrogens with zero attached hydrogens (tertiary/aromatic N) is 2. The first-order valence-electron chi connectivity index (χ1n) is 17.5. The number of rotatable bonds is 9. The molecule has 4 fully saturated rings. The van der Waals surface area contributed by atoms with Crippen molar-refractivity contribution in [2.24, 2.45) is 5.92 Å². The third-order valence-corrected chi connectivity index (χ3v) is 12.6. The van der Waals surface area contributed by atoms with Crippen LogP contribution in [-0.2, 0) is 21.4 Å². The first-order chi connectivity index (χ1) is 21.7. The summed E-state index contributed by atoms with van der Waals surface area (Å²) in [6.07, 6.45) is 9.96. The van der Waals surface area contributed by atoms with Gasteiger partial charge in [-0.25, -0.2) is 0 Å². The number of aromatic nitrogens is 1. The highest BCUT2D eigenvalue weighted by Gasteiger charge is 2.47. The number of hydrogen-bond acceptors (Lipinski definition) is 5. The van der Waals surface area contributed by atoms with Crippen LogP contribution in [0.5, 0.6) is 0 Å². The van der Waals surface area contributed by atoms with E-state index in [1.807, 2.05) is 0 Å². The second-order valence-electron chi connectivity index (χ2n) is 14.9.